The quantitative estimate of drug-likeness (QED) is 0.0967. The molecule has 0 aliphatic heterocycles. The Morgan fingerprint density at radius 1 is 1.06 bits per heavy atom. The van der Waals surface area contributed by atoms with Gasteiger partial charge in [-0.3, -0.25) is 4.79 Å². The largest absolute Gasteiger partial charge is 0.410 e. The number of hydrogen-bond donors (Lipinski definition) is 0. The van der Waals surface area contributed by atoms with Crippen LogP contribution in [0.15, 0.2) is 54.4 Å². The molecule has 1 heterocycles. The molecule has 194 valence electrons. The van der Waals surface area contributed by atoms with Gasteiger partial charge in [0.1, 0.15) is 0 Å². The standard InChI is InChI=1S/C31H48O2SSi/c1-8-10-12-19-29(33-35(6,7)31(3,4)5)25-20-22-27(23-21-25)30(32)26(15-11-9-2)16-13-17-28-18-14-24-34-28/h9,14,18,20-24,26,29H,2,8,10-13,15-17,19H2,1,3-7H3/t26?,29-/m0/s1. The highest BCUT2D eigenvalue weighted by Crippen LogP contribution is 2.41. The normalized spacial score (nSPS) is 14.0. The van der Waals surface area contributed by atoms with Crippen LogP contribution >= 0.6 is 11.3 Å². The van der Waals surface area contributed by atoms with Gasteiger partial charge in [-0.1, -0.05) is 83.4 Å². The van der Waals surface area contributed by atoms with Crippen LogP contribution in [-0.2, 0) is 10.8 Å². The summed E-state index contributed by atoms with van der Waals surface area (Å²) in [6.07, 6.45) is 11.5. The third-order valence-electron chi connectivity index (χ3n) is 7.53. The van der Waals surface area contributed by atoms with Gasteiger partial charge in [0, 0.05) is 16.4 Å². The van der Waals surface area contributed by atoms with E-state index in [1.165, 1.54) is 29.7 Å². The minimum absolute atomic E-state index is 0.0580. The predicted octanol–water partition coefficient (Wildman–Crippen LogP) is 10.2. The maximum atomic E-state index is 13.4. The summed E-state index contributed by atoms with van der Waals surface area (Å²) in [5.41, 5.74) is 2.04. The first-order valence-electron chi connectivity index (χ1n) is 13.5. The van der Waals surface area contributed by atoms with Crippen molar-refractivity contribution in [2.75, 3.05) is 0 Å². The predicted molar refractivity (Wildman–Crippen MR) is 156 cm³/mol. The fourth-order valence-corrected chi connectivity index (χ4v) is 6.28. The van der Waals surface area contributed by atoms with Crippen LogP contribution in [0, 0.1) is 5.92 Å². The Labute approximate surface area is 220 Å². The zero-order chi connectivity index (χ0) is 25.9. The highest BCUT2D eigenvalue weighted by molar-refractivity contribution is 7.09. The molecule has 2 nitrogen and oxygen atoms in total. The van der Waals surface area contributed by atoms with Crippen LogP contribution in [0.3, 0.4) is 0 Å². The molecule has 0 amide bonds. The van der Waals surface area contributed by atoms with Crippen LogP contribution in [0.25, 0.3) is 0 Å². The van der Waals surface area contributed by atoms with E-state index in [1.807, 2.05) is 18.2 Å². The van der Waals surface area contributed by atoms with Gasteiger partial charge in [0.15, 0.2) is 14.1 Å². The van der Waals surface area contributed by atoms with Crippen LogP contribution < -0.4 is 0 Å². The summed E-state index contributed by atoms with van der Waals surface area (Å²) in [4.78, 5) is 14.8. The van der Waals surface area contributed by atoms with Crippen molar-refractivity contribution in [3.63, 3.8) is 0 Å². The highest BCUT2D eigenvalue weighted by Gasteiger charge is 2.39. The monoisotopic (exact) mass is 512 g/mol. The lowest BCUT2D eigenvalue weighted by molar-refractivity contribution is 0.0905. The average molecular weight is 513 g/mol. The summed E-state index contributed by atoms with van der Waals surface area (Å²) >= 11 is 1.80. The van der Waals surface area contributed by atoms with E-state index in [-0.39, 0.29) is 22.8 Å². The molecule has 35 heavy (non-hydrogen) atoms. The zero-order valence-electron chi connectivity index (χ0n) is 23.1. The van der Waals surface area contributed by atoms with Gasteiger partial charge in [0.2, 0.25) is 0 Å². The smallest absolute Gasteiger partial charge is 0.192 e. The Morgan fingerprint density at radius 2 is 1.77 bits per heavy atom. The highest BCUT2D eigenvalue weighted by atomic mass is 32.1. The van der Waals surface area contributed by atoms with Gasteiger partial charge in [-0.15, -0.1) is 17.9 Å². The van der Waals surface area contributed by atoms with E-state index in [0.717, 1.165) is 44.1 Å². The topological polar surface area (TPSA) is 26.3 Å². The summed E-state index contributed by atoms with van der Waals surface area (Å²) in [6, 6.07) is 12.7. The fraction of sp³-hybridized carbons (Fsp3) is 0.581. The number of carbonyl (C=O) groups excluding carboxylic acids is 1. The number of benzene rings is 1. The summed E-state index contributed by atoms with van der Waals surface area (Å²) in [6.45, 7) is 17.7. The number of ketones is 1. The molecule has 0 fully saturated rings. The molecule has 4 heteroatoms. The Kier molecular flexibility index (Phi) is 12.1. The first kappa shape index (κ1) is 29.7. The lowest BCUT2D eigenvalue weighted by Gasteiger charge is -2.39. The van der Waals surface area contributed by atoms with Crippen molar-refractivity contribution in [1.82, 2.24) is 0 Å². The second-order valence-electron chi connectivity index (χ2n) is 11.4. The SMILES string of the molecule is C=CCCC(CCCc1cccs1)C(=O)c1ccc([C@H](CCCCC)O[Si](C)(C)C(C)(C)C)cc1. The number of carbonyl (C=O) groups is 1. The molecule has 0 aliphatic rings. The van der Waals surface area contributed by atoms with Crippen molar-refractivity contribution < 1.29 is 9.22 Å². The maximum Gasteiger partial charge on any atom is 0.192 e. The zero-order valence-corrected chi connectivity index (χ0v) is 24.9. The number of aryl methyl sites for hydroxylation is 1. The number of Topliss-reactive ketones (excluding diaryl/α,β-unsaturated/α-hetero) is 1. The molecule has 1 aromatic heterocycles. The van der Waals surface area contributed by atoms with E-state index in [2.05, 4.69) is 77.0 Å². The molecule has 2 aromatic rings. The van der Waals surface area contributed by atoms with Gasteiger partial charge in [-0.25, -0.2) is 0 Å². The lowest BCUT2D eigenvalue weighted by atomic mass is 9.88. The summed E-state index contributed by atoms with van der Waals surface area (Å²) in [7, 11) is -1.89. The van der Waals surface area contributed by atoms with Crippen LogP contribution in [-0.4, -0.2) is 14.1 Å². The van der Waals surface area contributed by atoms with Crippen molar-refractivity contribution in [3.8, 4) is 0 Å². The minimum atomic E-state index is -1.89. The Bertz CT molecular complexity index is 878. The van der Waals surface area contributed by atoms with Crippen molar-refractivity contribution in [1.29, 1.82) is 0 Å². The van der Waals surface area contributed by atoms with Crippen molar-refractivity contribution in [2.24, 2.45) is 5.92 Å². The minimum Gasteiger partial charge on any atom is -0.410 e. The number of allylic oxidation sites excluding steroid dienone is 1. The molecule has 0 bridgehead atoms. The van der Waals surface area contributed by atoms with Crippen LogP contribution in [0.1, 0.15) is 106 Å². The van der Waals surface area contributed by atoms with Crippen LogP contribution in [0.5, 0.6) is 0 Å². The molecular weight excluding hydrogens is 464 g/mol. The third-order valence-corrected chi connectivity index (χ3v) is 12.9. The molecule has 0 spiro atoms. The van der Waals surface area contributed by atoms with E-state index in [9.17, 15) is 4.79 Å². The molecule has 0 saturated carbocycles. The van der Waals surface area contributed by atoms with Crippen molar-refractivity contribution >= 4 is 25.4 Å². The van der Waals surface area contributed by atoms with Gasteiger partial charge < -0.3 is 4.43 Å². The number of unbranched alkanes of at least 4 members (excludes halogenated alkanes) is 2. The molecule has 0 aliphatic carbocycles. The number of hydrogen-bond acceptors (Lipinski definition) is 3. The number of rotatable bonds is 16. The lowest BCUT2D eigenvalue weighted by Crippen LogP contribution is -2.41. The average Bonchev–Trinajstić information content (AvgIpc) is 3.33. The van der Waals surface area contributed by atoms with Crippen LogP contribution in [0.4, 0.5) is 0 Å². The summed E-state index contributed by atoms with van der Waals surface area (Å²) in [5, 5.41) is 2.30. The molecule has 0 radical (unpaired) electrons. The van der Waals surface area contributed by atoms with E-state index >= 15 is 0 Å². The van der Waals surface area contributed by atoms with Gasteiger partial charge >= 0.3 is 0 Å². The van der Waals surface area contributed by atoms with Gasteiger partial charge in [-0.05, 0) is 73.7 Å². The van der Waals surface area contributed by atoms with Crippen molar-refractivity contribution in [3.05, 3.63) is 70.4 Å². The molecule has 0 N–H and O–H groups in total. The Balaban J connectivity index is 2.13. The summed E-state index contributed by atoms with van der Waals surface area (Å²) in [5.74, 6) is 0.333. The van der Waals surface area contributed by atoms with E-state index < -0.39 is 8.32 Å². The molecule has 1 aromatic carbocycles. The second kappa shape index (κ2) is 14.3. The van der Waals surface area contributed by atoms with E-state index in [0.29, 0.717) is 0 Å². The fourth-order valence-electron chi connectivity index (χ4n) is 4.21. The van der Waals surface area contributed by atoms with Crippen molar-refractivity contribution in [2.45, 2.75) is 110 Å². The van der Waals surface area contributed by atoms with Gasteiger partial charge in [0.25, 0.3) is 0 Å². The Morgan fingerprint density at radius 3 is 2.34 bits per heavy atom. The first-order valence-corrected chi connectivity index (χ1v) is 17.3. The van der Waals surface area contributed by atoms with Gasteiger partial charge in [0.05, 0.1) is 6.10 Å². The summed E-state index contributed by atoms with van der Waals surface area (Å²) < 4.78 is 6.87. The molecule has 2 rings (SSSR count). The molecule has 2 atom stereocenters. The third kappa shape index (κ3) is 9.47. The number of thiophene rings is 1. The molecular formula is C31H48O2SSi. The Hall–Kier alpha value is -1.49. The second-order valence-corrected chi connectivity index (χ2v) is 17.2. The molecule has 1 unspecified atom stereocenters. The molecule has 0 saturated heterocycles. The van der Waals surface area contributed by atoms with Crippen LogP contribution in [0.2, 0.25) is 18.1 Å². The van der Waals surface area contributed by atoms with Gasteiger partial charge in [-0.2, -0.15) is 0 Å². The maximum absolute atomic E-state index is 13.4. The van der Waals surface area contributed by atoms with E-state index in [1.54, 1.807) is 11.3 Å². The van der Waals surface area contributed by atoms with E-state index in [4.69, 9.17) is 4.43 Å². The first-order chi connectivity index (χ1) is 16.6.